The molecule has 2 N–H and O–H groups in total. The lowest BCUT2D eigenvalue weighted by Crippen LogP contribution is -2.46. The number of hydrogen-bond acceptors (Lipinski definition) is 3. The van der Waals surface area contributed by atoms with E-state index in [2.05, 4.69) is 13.8 Å². The van der Waals surface area contributed by atoms with Crippen LogP contribution >= 0.6 is 0 Å². The van der Waals surface area contributed by atoms with Crippen molar-refractivity contribution in [3.8, 4) is 5.75 Å². The van der Waals surface area contributed by atoms with Crippen LogP contribution in [0.15, 0.2) is 18.2 Å². The number of piperidine rings is 1. The molecule has 1 aliphatic rings. The molecule has 1 saturated heterocycles. The first kappa shape index (κ1) is 13.7. The van der Waals surface area contributed by atoms with Crippen molar-refractivity contribution in [2.24, 2.45) is 5.92 Å². The van der Waals surface area contributed by atoms with Gasteiger partial charge in [0.15, 0.2) is 0 Å². The minimum atomic E-state index is 0.0633. The van der Waals surface area contributed by atoms with Crippen molar-refractivity contribution in [1.29, 1.82) is 0 Å². The molecule has 0 bridgehead atoms. The molecule has 0 saturated carbocycles. The molecule has 0 aromatic heterocycles. The first-order chi connectivity index (χ1) is 9.04. The van der Waals surface area contributed by atoms with Gasteiger partial charge in [-0.15, -0.1) is 0 Å². The van der Waals surface area contributed by atoms with Crippen molar-refractivity contribution in [1.82, 2.24) is 4.90 Å². The number of amides is 1. The highest BCUT2D eigenvalue weighted by atomic mass is 16.5. The lowest BCUT2D eigenvalue weighted by atomic mass is 9.91. The molecule has 2 atom stereocenters. The Morgan fingerprint density at radius 1 is 1.42 bits per heavy atom. The Hall–Kier alpha value is -1.71. The van der Waals surface area contributed by atoms with E-state index >= 15 is 0 Å². The summed E-state index contributed by atoms with van der Waals surface area (Å²) in [5.74, 6) is 1.22. The van der Waals surface area contributed by atoms with Gasteiger partial charge in [0, 0.05) is 18.2 Å². The molecule has 104 valence electrons. The number of nitrogens with two attached hydrogens (primary N) is 1. The predicted octanol–water partition coefficient (Wildman–Crippen LogP) is 2.54. The van der Waals surface area contributed by atoms with Crippen LogP contribution < -0.4 is 10.5 Å². The highest BCUT2D eigenvalue weighted by Crippen LogP contribution is 2.27. The lowest BCUT2D eigenvalue weighted by Gasteiger charge is -2.38. The van der Waals surface area contributed by atoms with Crippen LogP contribution in [0.3, 0.4) is 0 Å². The summed E-state index contributed by atoms with van der Waals surface area (Å²) < 4.78 is 5.11. The van der Waals surface area contributed by atoms with E-state index in [4.69, 9.17) is 10.5 Å². The number of methoxy groups -OCH3 is 1. The molecule has 4 heteroatoms. The summed E-state index contributed by atoms with van der Waals surface area (Å²) in [7, 11) is 1.57. The Balaban J connectivity index is 2.21. The zero-order chi connectivity index (χ0) is 14.0. The highest BCUT2D eigenvalue weighted by Gasteiger charge is 2.29. The largest absolute Gasteiger partial charge is 0.495 e. The van der Waals surface area contributed by atoms with Gasteiger partial charge in [-0.3, -0.25) is 4.79 Å². The molecule has 1 amide bonds. The number of rotatable bonds is 2. The second-order valence-corrected chi connectivity index (χ2v) is 5.32. The Kier molecular flexibility index (Phi) is 3.98. The van der Waals surface area contributed by atoms with E-state index in [0.717, 1.165) is 13.0 Å². The number of benzene rings is 1. The molecule has 2 rings (SSSR count). The van der Waals surface area contributed by atoms with Gasteiger partial charge in [0.2, 0.25) is 0 Å². The maximum Gasteiger partial charge on any atom is 0.254 e. The van der Waals surface area contributed by atoms with Gasteiger partial charge in [0.05, 0.1) is 12.8 Å². The third-order valence-corrected chi connectivity index (χ3v) is 4.11. The van der Waals surface area contributed by atoms with Crippen LogP contribution in [0.4, 0.5) is 5.69 Å². The van der Waals surface area contributed by atoms with Gasteiger partial charge in [-0.25, -0.2) is 0 Å². The highest BCUT2D eigenvalue weighted by molar-refractivity contribution is 5.95. The van der Waals surface area contributed by atoms with Crippen LogP contribution in [0.5, 0.6) is 5.75 Å². The molecule has 2 unspecified atom stereocenters. The maximum atomic E-state index is 12.5. The smallest absolute Gasteiger partial charge is 0.254 e. The monoisotopic (exact) mass is 262 g/mol. The Labute approximate surface area is 114 Å². The minimum absolute atomic E-state index is 0.0633. The summed E-state index contributed by atoms with van der Waals surface area (Å²) in [6.45, 7) is 5.15. The molecule has 1 aromatic rings. The van der Waals surface area contributed by atoms with Crippen LogP contribution in [0.25, 0.3) is 0 Å². The molecular weight excluding hydrogens is 240 g/mol. The van der Waals surface area contributed by atoms with Crippen LogP contribution in [-0.4, -0.2) is 30.5 Å². The van der Waals surface area contributed by atoms with Gasteiger partial charge < -0.3 is 15.4 Å². The molecule has 4 nitrogen and oxygen atoms in total. The average molecular weight is 262 g/mol. The normalized spacial score (nSPS) is 23.2. The van der Waals surface area contributed by atoms with E-state index < -0.39 is 0 Å². The second kappa shape index (κ2) is 5.51. The number of carbonyl (C=O) groups is 1. The molecular formula is C15H22N2O2. The third kappa shape index (κ3) is 2.67. The second-order valence-electron chi connectivity index (χ2n) is 5.32. The number of anilines is 1. The summed E-state index contributed by atoms with van der Waals surface area (Å²) in [4.78, 5) is 14.5. The molecule has 0 radical (unpaired) electrons. The number of ether oxygens (including phenoxy) is 1. The van der Waals surface area contributed by atoms with Crippen LogP contribution in [0, 0.1) is 5.92 Å². The Morgan fingerprint density at radius 3 is 2.79 bits per heavy atom. The zero-order valence-electron chi connectivity index (χ0n) is 11.8. The van der Waals surface area contributed by atoms with Crippen molar-refractivity contribution in [3.63, 3.8) is 0 Å². The van der Waals surface area contributed by atoms with E-state index in [-0.39, 0.29) is 11.9 Å². The fraction of sp³-hybridized carbons (Fsp3) is 0.533. The number of nitrogens with zero attached hydrogens (tertiary/aromatic N) is 1. The quantitative estimate of drug-likeness (QED) is 0.833. The molecule has 19 heavy (non-hydrogen) atoms. The fourth-order valence-corrected chi connectivity index (χ4v) is 2.66. The molecule has 1 aromatic carbocycles. The Morgan fingerprint density at radius 2 is 2.16 bits per heavy atom. The van der Waals surface area contributed by atoms with E-state index in [1.165, 1.54) is 6.42 Å². The van der Waals surface area contributed by atoms with E-state index in [9.17, 15) is 4.79 Å². The van der Waals surface area contributed by atoms with Crippen molar-refractivity contribution in [2.45, 2.75) is 32.7 Å². The topological polar surface area (TPSA) is 55.6 Å². The van der Waals surface area contributed by atoms with Crippen LogP contribution in [-0.2, 0) is 0 Å². The summed E-state index contributed by atoms with van der Waals surface area (Å²) >= 11 is 0. The van der Waals surface area contributed by atoms with E-state index in [1.54, 1.807) is 25.3 Å². The summed E-state index contributed by atoms with van der Waals surface area (Å²) in [5.41, 5.74) is 7.01. The summed E-state index contributed by atoms with van der Waals surface area (Å²) in [6, 6.07) is 5.52. The van der Waals surface area contributed by atoms with Crippen molar-refractivity contribution in [3.05, 3.63) is 23.8 Å². The van der Waals surface area contributed by atoms with Gasteiger partial charge in [-0.05, 0) is 43.9 Å². The summed E-state index contributed by atoms with van der Waals surface area (Å²) in [5, 5.41) is 0. The van der Waals surface area contributed by atoms with Gasteiger partial charge in [0.25, 0.3) is 5.91 Å². The van der Waals surface area contributed by atoms with Crippen LogP contribution in [0.2, 0.25) is 0 Å². The molecule has 1 fully saturated rings. The number of hydrogen-bond donors (Lipinski definition) is 1. The van der Waals surface area contributed by atoms with Crippen molar-refractivity contribution in [2.75, 3.05) is 19.4 Å². The van der Waals surface area contributed by atoms with Gasteiger partial charge >= 0.3 is 0 Å². The van der Waals surface area contributed by atoms with E-state index in [0.29, 0.717) is 22.9 Å². The SMILES string of the molecule is COc1ccc(C(=O)N2CCCC(C)C2C)cc1N. The average Bonchev–Trinajstić information content (AvgIpc) is 2.41. The number of likely N-dealkylation sites (tertiary alicyclic amines) is 1. The number of carbonyl (C=O) groups excluding carboxylic acids is 1. The van der Waals surface area contributed by atoms with Crippen LogP contribution in [0.1, 0.15) is 37.0 Å². The molecule has 1 aliphatic heterocycles. The van der Waals surface area contributed by atoms with Gasteiger partial charge in [0.1, 0.15) is 5.75 Å². The lowest BCUT2D eigenvalue weighted by molar-refractivity contribution is 0.0551. The van der Waals surface area contributed by atoms with Gasteiger partial charge in [-0.1, -0.05) is 6.92 Å². The first-order valence-electron chi connectivity index (χ1n) is 6.79. The van der Waals surface area contributed by atoms with Crippen molar-refractivity contribution >= 4 is 11.6 Å². The third-order valence-electron chi connectivity index (χ3n) is 4.11. The van der Waals surface area contributed by atoms with Crippen molar-refractivity contribution < 1.29 is 9.53 Å². The molecule has 1 heterocycles. The summed E-state index contributed by atoms with van der Waals surface area (Å²) in [6.07, 6.45) is 2.26. The Bertz CT molecular complexity index is 473. The maximum absolute atomic E-state index is 12.5. The molecule has 0 spiro atoms. The first-order valence-corrected chi connectivity index (χ1v) is 6.79. The predicted molar refractivity (Wildman–Crippen MR) is 76.3 cm³/mol. The van der Waals surface area contributed by atoms with E-state index in [1.807, 2.05) is 4.90 Å². The minimum Gasteiger partial charge on any atom is -0.495 e. The molecule has 0 aliphatic carbocycles. The van der Waals surface area contributed by atoms with Gasteiger partial charge in [-0.2, -0.15) is 0 Å². The fourth-order valence-electron chi connectivity index (χ4n) is 2.66. The zero-order valence-corrected chi connectivity index (χ0v) is 11.8. The number of nitrogen functional groups attached to an aromatic ring is 1. The standard InChI is InChI=1S/C15H22N2O2/c1-10-5-4-8-17(11(10)2)15(18)12-6-7-14(19-3)13(16)9-12/h6-7,9-11H,4-5,8,16H2,1-3H3.